The Bertz CT molecular complexity index is 524. The topological polar surface area (TPSA) is 52.0 Å². The molecule has 2 aromatic rings. The van der Waals surface area contributed by atoms with Gasteiger partial charge in [-0.25, -0.2) is 4.98 Å². The highest BCUT2D eigenvalue weighted by Gasteiger charge is 2.19. The minimum absolute atomic E-state index is 0.0500. The first-order valence-electron chi connectivity index (χ1n) is 6.54. The zero-order chi connectivity index (χ0) is 13.7. The molecule has 1 atom stereocenters. The van der Waals surface area contributed by atoms with Crippen LogP contribution in [0.1, 0.15) is 31.0 Å². The van der Waals surface area contributed by atoms with Gasteiger partial charge in [-0.15, -0.1) is 0 Å². The van der Waals surface area contributed by atoms with Gasteiger partial charge in [0.05, 0.1) is 19.3 Å². The van der Waals surface area contributed by atoms with Crippen molar-refractivity contribution in [1.29, 1.82) is 0 Å². The van der Waals surface area contributed by atoms with Gasteiger partial charge in [-0.3, -0.25) is 4.68 Å². The van der Waals surface area contributed by atoms with Gasteiger partial charge in [0.15, 0.2) is 0 Å². The molecular weight excluding hydrogens is 240 g/mol. The van der Waals surface area contributed by atoms with Crippen LogP contribution < -0.4 is 10.1 Å². The minimum atomic E-state index is 0.0500. The molecule has 2 rings (SSSR count). The molecule has 0 amide bonds. The molecule has 0 fully saturated rings. The maximum atomic E-state index is 5.35. The summed E-state index contributed by atoms with van der Waals surface area (Å²) < 4.78 is 7.27. The summed E-state index contributed by atoms with van der Waals surface area (Å²) in [7, 11) is 1.64. The molecular formula is C14H20N4O. The van der Waals surface area contributed by atoms with E-state index in [2.05, 4.69) is 35.4 Å². The number of nitrogens with one attached hydrogen (secondary N) is 1. The maximum Gasteiger partial charge on any atom is 0.218 e. The number of rotatable bonds is 6. The lowest BCUT2D eigenvalue weighted by Crippen LogP contribution is -2.22. The predicted octanol–water partition coefficient (Wildman–Crippen LogP) is 2.01. The summed E-state index contributed by atoms with van der Waals surface area (Å²) in [5, 5.41) is 7.79. The molecule has 2 heterocycles. The summed E-state index contributed by atoms with van der Waals surface area (Å²) in [5.74, 6) is 0.651. The fourth-order valence-corrected chi connectivity index (χ4v) is 2.11. The standard InChI is InChI=1S/C14H20N4O/c1-4-15-13(11-9-17-18(5-2)10-11)12-7-6-8-16-14(12)19-3/h6-10,13,15H,4-5H2,1-3H3. The Labute approximate surface area is 113 Å². The molecule has 0 saturated carbocycles. The second-order valence-electron chi connectivity index (χ2n) is 4.22. The third-order valence-corrected chi connectivity index (χ3v) is 3.02. The van der Waals surface area contributed by atoms with E-state index in [1.807, 2.05) is 23.0 Å². The molecule has 0 aliphatic rings. The van der Waals surface area contributed by atoms with Crippen molar-refractivity contribution in [2.75, 3.05) is 13.7 Å². The molecule has 5 nitrogen and oxygen atoms in total. The predicted molar refractivity (Wildman–Crippen MR) is 74.2 cm³/mol. The van der Waals surface area contributed by atoms with E-state index in [1.54, 1.807) is 13.3 Å². The second-order valence-corrected chi connectivity index (χ2v) is 4.22. The fraction of sp³-hybridized carbons (Fsp3) is 0.429. The van der Waals surface area contributed by atoms with Gasteiger partial charge in [0, 0.05) is 30.1 Å². The molecule has 0 radical (unpaired) electrons. The van der Waals surface area contributed by atoms with Gasteiger partial charge in [-0.05, 0) is 19.5 Å². The third kappa shape index (κ3) is 2.93. The molecule has 1 N–H and O–H groups in total. The average molecular weight is 260 g/mol. The van der Waals surface area contributed by atoms with Crippen LogP contribution in [-0.4, -0.2) is 28.4 Å². The van der Waals surface area contributed by atoms with Crippen molar-refractivity contribution in [3.63, 3.8) is 0 Å². The number of hydrogen-bond acceptors (Lipinski definition) is 4. The highest BCUT2D eigenvalue weighted by Crippen LogP contribution is 2.27. The molecule has 0 aliphatic heterocycles. The van der Waals surface area contributed by atoms with Crippen LogP contribution in [0.2, 0.25) is 0 Å². The van der Waals surface area contributed by atoms with Crippen LogP contribution in [-0.2, 0) is 6.54 Å². The lowest BCUT2D eigenvalue weighted by atomic mass is 10.0. The number of nitrogens with zero attached hydrogens (tertiary/aromatic N) is 3. The van der Waals surface area contributed by atoms with E-state index in [0.717, 1.165) is 24.2 Å². The molecule has 19 heavy (non-hydrogen) atoms. The van der Waals surface area contributed by atoms with Crippen LogP contribution in [0.5, 0.6) is 5.88 Å². The normalized spacial score (nSPS) is 12.4. The minimum Gasteiger partial charge on any atom is -0.481 e. The summed E-state index contributed by atoms with van der Waals surface area (Å²) in [6, 6.07) is 4.00. The Hall–Kier alpha value is -1.88. The molecule has 0 aromatic carbocycles. The van der Waals surface area contributed by atoms with Crippen LogP contribution in [0.3, 0.4) is 0 Å². The lowest BCUT2D eigenvalue weighted by molar-refractivity contribution is 0.387. The van der Waals surface area contributed by atoms with Crippen molar-refractivity contribution in [2.45, 2.75) is 26.4 Å². The van der Waals surface area contributed by atoms with Crippen molar-refractivity contribution in [3.05, 3.63) is 41.9 Å². The van der Waals surface area contributed by atoms with Crippen molar-refractivity contribution >= 4 is 0 Å². The Morgan fingerprint density at radius 1 is 1.42 bits per heavy atom. The molecule has 5 heteroatoms. The number of hydrogen-bond donors (Lipinski definition) is 1. The third-order valence-electron chi connectivity index (χ3n) is 3.02. The van der Waals surface area contributed by atoms with Crippen LogP contribution in [0.25, 0.3) is 0 Å². The van der Waals surface area contributed by atoms with Crippen LogP contribution in [0.4, 0.5) is 0 Å². The zero-order valence-corrected chi connectivity index (χ0v) is 11.6. The molecule has 1 unspecified atom stereocenters. The van der Waals surface area contributed by atoms with E-state index in [4.69, 9.17) is 4.74 Å². The van der Waals surface area contributed by atoms with E-state index in [9.17, 15) is 0 Å². The van der Waals surface area contributed by atoms with Crippen LogP contribution in [0.15, 0.2) is 30.7 Å². The number of methoxy groups -OCH3 is 1. The summed E-state index contributed by atoms with van der Waals surface area (Å²) in [4.78, 5) is 4.26. The SMILES string of the molecule is CCNC(c1cnn(CC)c1)c1cccnc1OC. The van der Waals surface area contributed by atoms with Gasteiger partial charge in [0.25, 0.3) is 0 Å². The first-order valence-corrected chi connectivity index (χ1v) is 6.54. The van der Waals surface area contributed by atoms with Gasteiger partial charge in [0.1, 0.15) is 0 Å². The monoisotopic (exact) mass is 260 g/mol. The van der Waals surface area contributed by atoms with E-state index in [1.165, 1.54) is 0 Å². The number of ether oxygens (including phenoxy) is 1. The number of aromatic nitrogens is 3. The molecule has 102 valence electrons. The lowest BCUT2D eigenvalue weighted by Gasteiger charge is -2.18. The van der Waals surface area contributed by atoms with Gasteiger partial charge >= 0.3 is 0 Å². The van der Waals surface area contributed by atoms with Crippen molar-refractivity contribution in [1.82, 2.24) is 20.1 Å². The van der Waals surface area contributed by atoms with Gasteiger partial charge in [-0.1, -0.05) is 13.0 Å². The number of aryl methyl sites for hydroxylation is 1. The highest BCUT2D eigenvalue weighted by molar-refractivity contribution is 5.35. The average Bonchev–Trinajstić information content (AvgIpc) is 2.93. The Morgan fingerprint density at radius 3 is 2.89 bits per heavy atom. The van der Waals surface area contributed by atoms with Crippen LogP contribution in [0, 0.1) is 0 Å². The van der Waals surface area contributed by atoms with E-state index in [-0.39, 0.29) is 6.04 Å². The van der Waals surface area contributed by atoms with Gasteiger partial charge in [0.2, 0.25) is 5.88 Å². The zero-order valence-electron chi connectivity index (χ0n) is 11.6. The van der Waals surface area contributed by atoms with Gasteiger partial charge < -0.3 is 10.1 Å². The van der Waals surface area contributed by atoms with Gasteiger partial charge in [-0.2, -0.15) is 5.10 Å². The summed E-state index contributed by atoms with van der Waals surface area (Å²) >= 11 is 0. The fourth-order valence-electron chi connectivity index (χ4n) is 2.11. The van der Waals surface area contributed by atoms with Crippen molar-refractivity contribution in [3.8, 4) is 5.88 Å². The largest absolute Gasteiger partial charge is 0.481 e. The van der Waals surface area contributed by atoms with Crippen LogP contribution >= 0.6 is 0 Å². The molecule has 0 bridgehead atoms. The second kappa shape index (κ2) is 6.33. The Kier molecular flexibility index (Phi) is 4.52. The van der Waals surface area contributed by atoms with Crippen molar-refractivity contribution < 1.29 is 4.74 Å². The molecule has 0 aliphatic carbocycles. The quantitative estimate of drug-likeness (QED) is 0.863. The van der Waals surface area contributed by atoms with E-state index >= 15 is 0 Å². The molecule has 2 aromatic heterocycles. The van der Waals surface area contributed by atoms with E-state index in [0.29, 0.717) is 5.88 Å². The Balaban J connectivity index is 2.38. The van der Waals surface area contributed by atoms with Crippen molar-refractivity contribution in [2.24, 2.45) is 0 Å². The molecule has 0 saturated heterocycles. The highest BCUT2D eigenvalue weighted by atomic mass is 16.5. The molecule has 0 spiro atoms. The summed E-state index contributed by atoms with van der Waals surface area (Å²) in [6.07, 6.45) is 5.68. The summed E-state index contributed by atoms with van der Waals surface area (Å²) in [5.41, 5.74) is 2.15. The first kappa shape index (κ1) is 13.5. The smallest absolute Gasteiger partial charge is 0.218 e. The maximum absolute atomic E-state index is 5.35. The first-order chi connectivity index (χ1) is 9.30. The summed E-state index contributed by atoms with van der Waals surface area (Å²) in [6.45, 7) is 5.88. The van der Waals surface area contributed by atoms with E-state index < -0.39 is 0 Å². The Morgan fingerprint density at radius 2 is 2.26 bits per heavy atom. The number of pyridine rings is 1.